The predicted molar refractivity (Wildman–Crippen MR) is 88.8 cm³/mol. The molecule has 0 heterocycles. The molecule has 0 saturated heterocycles. The molecule has 106 valence electrons. The van der Waals surface area contributed by atoms with Crippen molar-refractivity contribution in [3.8, 4) is 0 Å². The number of benzene rings is 3. The van der Waals surface area contributed by atoms with Crippen LogP contribution in [-0.2, 0) is 0 Å². The molecule has 0 radical (unpaired) electrons. The maximum atomic E-state index is 13.8. The number of hydrogen-bond donors (Lipinski definition) is 1. The van der Waals surface area contributed by atoms with Gasteiger partial charge in [-0.15, -0.1) is 0 Å². The number of fused-ring (bicyclic) bond motifs is 1. The van der Waals surface area contributed by atoms with Crippen LogP contribution in [0, 0.1) is 12.7 Å². The third-order valence-electron chi connectivity index (χ3n) is 3.80. The van der Waals surface area contributed by atoms with E-state index in [2.05, 4.69) is 40.2 Å². The van der Waals surface area contributed by atoms with E-state index in [9.17, 15) is 4.39 Å². The number of rotatable bonds is 2. The summed E-state index contributed by atoms with van der Waals surface area (Å²) in [6.07, 6.45) is 0. The van der Waals surface area contributed by atoms with E-state index in [1.54, 1.807) is 6.07 Å². The fourth-order valence-corrected chi connectivity index (χ4v) is 2.94. The monoisotopic (exact) mass is 343 g/mol. The highest BCUT2D eigenvalue weighted by Gasteiger charge is 2.16. The highest BCUT2D eigenvalue weighted by atomic mass is 79.9. The van der Waals surface area contributed by atoms with Gasteiger partial charge in [-0.25, -0.2) is 4.39 Å². The third kappa shape index (κ3) is 2.59. The van der Waals surface area contributed by atoms with Gasteiger partial charge in [-0.1, -0.05) is 42.5 Å². The third-order valence-corrected chi connectivity index (χ3v) is 4.45. The van der Waals surface area contributed by atoms with E-state index in [-0.39, 0.29) is 11.9 Å². The fraction of sp³-hybridized carbons (Fsp3) is 0.111. The molecule has 3 heteroatoms. The maximum absolute atomic E-state index is 13.8. The van der Waals surface area contributed by atoms with Gasteiger partial charge in [0.25, 0.3) is 0 Å². The van der Waals surface area contributed by atoms with Gasteiger partial charge in [0.05, 0.1) is 10.5 Å². The van der Waals surface area contributed by atoms with Gasteiger partial charge >= 0.3 is 0 Å². The number of nitrogens with two attached hydrogens (primary N) is 1. The van der Waals surface area contributed by atoms with Crippen LogP contribution >= 0.6 is 15.9 Å². The van der Waals surface area contributed by atoms with Gasteiger partial charge in [-0.05, 0) is 62.4 Å². The average molecular weight is 344 g/mol. The first-order valence-electron chi connectivity index (χ1n) is 6.76. The zero-order valence-corrected chi connectivity index (χ0v) is 13.2. The van der Waals surface area contributed by atoms with Crippen molar-refractivity contribution in [1.82, 2.24) is 0 Å². The summed E-state index contributed by atoms with van der Waals surface area (Å²) in [6.45, 7) is 2.04. The van der Waals surface area contributed by atoms with Gasteiger partial charge in [0.15, 0.2) is 0 Å². The minimum Gasteiger partial charge on any atom is -0.320 e. The average Bonchev–Trinajstić information content (AvgIpc) is 2.49. The fourth-order valence-electron chi connectivity index (χ4n) is 2.69. The molecule has 0 bridgehead atoms. The molecular formula is C18H15BrFN. The van der Waals surface area contributed by atoms with Crippen LogP contribution in [0.4, 0.5) is 4.39 Å². The maximum Gasteiger partial charge on any atom is 0.137 e. The lowest BCUT2D eigenvalue weighted by Gasteiger charge is -2.18. The molecule has 3 rings (SSSR count). The Bertz CT molecular complexity index is 813. The summed E-state index contributed by atoms with van der Waals surface area (Å²) < 4.78 is 14.2. The number of halogens is 2. The van der Waals surface area contributed by atoms with E-state index >= 15 is 0 Å². The molecule has 0 aliphatic heterocycles. The molecule has 0 aliphatic rings. The molecule has 0 saturated carbocycles. The van der Waals surface area contributed by atoms with Crippen molar-refractivity contribution in [2.75, 3.05) is 0 Å². The van der Waals surface area contributed by atoms with E-state index < -0.39 is 0 Å². The lowest BCUT2D eigenvalue weighted by atomic mass is 9.91. The summed E-state index contributed by atoms with van der Waals surface area (Å²) in [5.74, 6) is -0.291. The Kier molecular flexibility index (Phi) is 3.79. The van der Waals surface area contributed by atoms with Crippen molar-refractivity contribution < 1.29 is 4.39 Å². The van der Waals surface area contributed by atoms with E-state index in [4.69, 9.17) is 5.73 Å². The first-order chi connectivity index (χ1) is 10.1. The second-order valence-corrected chi connectivity index (χ2v) is 6.02. The lowest BCUT2D eigenvalue weighted by Crippen LogP contribution is -2.14. The van der Waals surface area contributed by atoms with E-state index in [1.165, 1.54) is 6.07 Å². The Morgan fingerprint density at radius 2 is 1.81 bits per heavy atom. The highest BCUT2D eigenvalue weighted by molar-refractivity contribution is 9.10. The summed E-state index contributed by atoms with van der Waals surface area (Å²) in [5, 5.41) is 2.26. The lowest BCUT2D eigenvalue weighted by molar-refractivity contribution is 0.617. The van der Waals surface area contributed by atoms with Crippen LogP contribution in [0.3, 0.4) is 0 Å². The second kappa shape index (κ2) is 5.58. The molecule has 1 unspecified atom stereocenters. The predicted octanol–water partition coefficient (Wildman–Crippen LogP) is 5.10. The van der Waals surface area contributed by atoms with Crippen LogP contribution in [0.5, 0.6) is 0 Å². The van der Waals surface area contributed by atoms with Crippen LogP contribution in [-0.4, -0.2) is 0 Å². The molecule has 0 aromatic heterocycles. The molecule has 0 amide bonds. The molecule has 1 atom stereocenters. The first-order valence-corrected chi connectivity index (χ1v) is 7.56. The Morgan fingerprint density at radius 3 is 2.57 bits per heavy atom. The van der Waals surface area contributed by atoms with Crippen LogP contribution < -0.4 is 5.73 Å². The van der Waals surface area contributed by atoms with E-state index in [1.807, 2.05) is 25.1 Å². The van der Waals surface area contributed by atoms with Gasteiger partial charge in [0, 0.05) is 0 Å². The normalized spacial score (nSPS) is 12.6. The molecule has 0 spiro atoms. The van der Waals surface area contributed by atoms with Crippen molar-refractivity contribution >= 4 is 26.7 Å². The van der Waals surface area contributed by atoms with Gasteiger partial charge in [-0.2, -0.15) is 0 Å². The minimum atomic E-state index is -0.348. The summed E-state index contributed by atoms with van der Waals surface area (Å²) in [5.41, 5.74) is 9.36. The summed E-state index contributed by atoms with van der Waals surface area (Å²) >= 11 is 3.17. The van der Waals surface area contributed by atoms with Crippen LogP contribution in [0.25, 0.3) is 10.8 Å². The molecule has 3 aromatic carbocycles. The van der Waals surface area contributed by atoms with Crippen LogP contribution in [0.1, 0.15) is 22.7 Å². The van der Waals surface area contributed by atoms with Gasteiger partial charge in [-0.3, -0.25) is 0 Å². The Balaban J connectivity index is 2.19. The summed E-state index contributed by atoms with van der Waals surface area (Å²) in [4.78, 5) is 0. The van der Waals surface area contributed by atoms with Crippen molar-refractivity contribution in [2.24, 2.45) is 5.73 Å². The molecular weight excluding hydrogens is 329 g/mol. The van der Waals surface area contributed by atoms with Crippen molar-refractivity contribution in [2.45, 2.75) is 13.0 Å². The standard InChI is InChI=1S/C18H15BrFN/c1-11-6-7-12-4-2-3-5-14(12)17(11)18(21)13-8-9-15(19)16(20)10-13/h2-10,18H,21H2,1H3. The first kappa shape index (κ1) is 14.2. The summed E-state index contributed by atoms with van der Waals surface area (Å²) in [7, 11) is 0. The van der Waals surface area contributed by atoms with E-state index in [0.717, 1.165) is 27.5 Å². The molecule has 2 N–H and O–H groups in total. The van der Waals surface area contributed by atoms with Crippen molar-refractivity contribution in [3.63, 3.8) is 0 Å². The smallest absolute Gasteiger partial charge is 0.137 e. The zero-order chi connectivity index (χ0) is 15.0. The van der Waals surface area contributed by atoms with Crippen molar-refractivity contribution in [3.05, 3.63) is 81.6 Å². The van der Waals surface area contributed by atoms with Crippen LogP contribution in [0.15, 0.2) is 59.1 Å². The Labute approximate surface area is 131 Å². The molecule has 3 aromatic rings. The highest BCUT2D eigenvalue weighted by Crippen LogP contribution is 2.31. The SMILES string of the molecule is Cc1ccc2ccccc2c1C(N)c1ccc(Br)c(F)c1. The minimum absolute atomic E-state index is 0.291. The van der Waals surface area contributed by atoms with Crippen LogP contribution in [0.2, 0.25) is 0 Å². The quantitative estimate of drug-likeness (QED) is 0.688. The topological polar surface area (TPSA) is 26.0 Å². The van der Waals surface area contributed by atoms with Gasteiger partial charge in [0.1, 0.15) is 5.82 Å². The largest absolute Gasteiger partial charge is 0.320 e. The molecule has 21 heavy (non-hydrogen) atoms. The van der Waals surface area contributed by atoms with Gasteiger partial charge in [0.2, 0.25) is 0 Å². The van der Waals surface area contributed by atoms with Crippen molar-refractivity contribution in [1.29, 1.82) is 0 Å². The molecule has 1 nitrogen and oxygen atoms in total. The Hall–Kier alpha value is -1.71. The second-order valence-electron chi connectivity index (χ2n) is 5.17. The summed E-state index contributed by atoms with van der Waals surface area (Å²) in [6, 6.07) is 17.0. The molecule has 0 fully saturated rings. The van der Waals surface area contributed by atoms with E-state index in [0.29, 0.717) is 4.47 Å². The Morgan fingerprint density at radius 1 is 1.05 bits per heavy atom. The number of aryl methyl sites for hydroxylation is 1. The molecule has 0 aliphatic carbocycles. The zero-order valence-electron chi connectivity index (χ0n) is 11.6. The number of hydrogen-bond acceptors (Lipinski definition) is 1. The van der Waals surface area contributed by atoms with Gasteiger partial charge < -0.3 is 5.73 Å².